The van der Waals surface area contributed by atoms with Crippen LogP contribution in [0.15, 0.2) is 47.5 Å². The van der Waals surface area contributed by atoms with E-state index in [0.29, 0.717) is 42.1 Å². The standard InChI is InChI=1S/C32H37ClF2N4O5/c1-20(6-4-3-5-11-33)30-36-29(37-44-30)18-38-12-9-21(10-13-38)19-43-28-16-26(35)25(15-24(28)22-7-8-22)31(40)39-17-23(34)14-27(39)32(41)42-2/h3-6,15-16,21-23,27H,1,7-14,17-19H2,2H3/b5-3-,6-4-/t23-,27+/m1/s1. The van der Waals surface area contributed by atoms with Crippen LogP contribution >= 0.6 is 11.6 Å². The number of allylic oxidation sites excluding steroid dienone is 5. The number of benzene rings is 1. The molecule has 1 aromatic carbocycles. The second kappa shape index (κ2) is 14.5. The van der Waals surface area contributed by atoms with Gasteiger partial charge in [0.1, 0.15) is 23.8 Å². The van der Waals surface area contributed by atoms with Crippen LogP contribution in [0.3, 0.4) is 0 Å². The molecule has 0 spiro atoms. The first-order chi connectivity index (χ1) is 21.3. The van der Waals surface area contributed by atoms with Crippen LogP contribution < -0.4 is 4.74 Å². The van der Waals surface area contributed by atoms with Gasteiger partial charge in [-0.25, -0.2) is 13.6 Å². The van der Waals surface area contributed by atoms with Gasteiger partial charge in [0.25, 0.3) is 11.8 Å². The lowest BCUT2D eigenvalue weighted by Crippen LogP contribution is -2.41. The summed E-state index contributed by atoms with van der Waals surface area (Å²) < 4.78 is 45.7. The monoisotopic (exact) mass is 630 g/mol. The first-order valence-electron chi connectivity index (χ1n) is 14.9. The molecule has 9 nitrogen and oxygen atoms in total. The molecule has 1 amide bonds. The van der Waals surface area contributed by atoms with Gasteiger partial charge in [-0.05, 0) is 62.2 Å². The Kier molecular flexibility index (Phi) is 10.5. The lowest BCUT2D eigenvalue weighted by molar-refractivity contribution is -0.145. The maximum absolute atomic E-state index is 15.3. The van der Waals surface area contributed by atoms with Gasteiger partial charge in [0.15, 0.2) is 5.82 Å². The third-order valence-corrected chi connectivity index (χ3v) is 8.43. The van der Waals surface area contributed by atoms with Crippen molar-refractivity contribution in [1.82, 2.24) is 19.9 Å². The van der Waals surface area contributed by atoms with Gasteiger partial charge in [-0.1, -0.05) is 36.0 Å². The number of amides is 1. The smallest absolute Gasteiger partial charge is 0.328 e. The predicted molar refractivity (Wildman–Crippen MR) is 161 cm³/mol. The van der Waals surface area contributed by atoms with Crippen LogP contribution in [0.5, 0.6) is 5.75 Å². The summed E-state index contributed by atoms with van der Waals surface area (Å²) in [6.07, 6.45) is 9.31. The average Bonchev–Trinajstić information content (AvgIpc) is 3.63. The fourth-order valence-electron chi connectivity index (χ4n) is 5.64. The number of aromatic nitrogens is 2. The van der Waals surface area contributed by atoms with Crippen molar-refractivity contribution >= 4 is 29.1 Å². The molecule has 12 heteroatoms. The molecule has 2 aromatic rings. The summed E-state index contributed by atoms with van der Waals surface area (Å²) in [5, 5.41) is 4.09. The van der Waals surface area contributed by atoms with Crippen molar-refractivity contribution in [2.75, 3.05) is 39.2 Å². The zero-order valence-corrected chi connectivity index (χ0v) is 25.5. The van der Waals surface area contributed by atoms with E-state index < -0.39 is 29.9 Å². The third kappa shape index (κ3) is 7.74. The van der Waals surface area contributed by atoms with Crippen LogP contribution in [-0.4, -0.2) is 83.3 Å². The number of piperidine rings is 1. The lowest BCUT2D eigenvalue weighted by Gasteiger charge is -2.31. The van der Waals surface area contributed by atoms with Crippen LogP contribution in [0.4, 0.5) is 8.78 Å². The highest BCUT2D eigenvalue weighted by Crippen LogP contribution is 2.45. The van der Waals surface area contributed by atoms with Crippen molar-refractivity contribution in [3.8, 4) is 5.75 Å². The molecule has 0 N–H and O–H groups in total. The number of esters is 1. The number of hydrogen-bond acceptors (Lipinski definition) is 8. The number of ether oxygens (including phenoxy) is 2. The first-order valence-corrected chi connectivity index (χ1v) is 15.4. The molecule has 3 aliphatic rings. The summed E-state index contributed by atoms with van der Waals surface area (Å²) in [6, 6.07) is 1.71. The molecule has 0 radical (unpaired) electrons. The van der Waals surface area contributed by atoms with Crippen LogP contribution in [0, 0.1) is 11.7 Å². The molecule has 3 fully saturated rings. The molecule has 236 valence electrons. The van der Waals surface area contributed by atoms with Crippen LogP contribution in [-0.2, 0) is 16.1 Å². The minimum atomic E-state index is -1.37. The molecule has 1 saturated carbocycles. The molecule has 44 heavy (non-hydrogen) atoms. The highest BCUT2D eigenvalue weighted by atomic mass is 35.5. The summed E-state index contributed by atoms with van der Waals surface area (Å²) in [7, 11) is 1.18. The number of hydrogen-bond donors (Lipinski definition) is 0. The van der Waals surface area contributed by atoms with Gasteiger partial charge in [-0.3, -0.25) is 9.69 Å². The number of nitrogens with zero attached hydrogens (tertiary/aromatic N) is 4. The lowest BCUT2D eigenvalue weighted by atomic mass is 9.97. The number of rotatable bonds is 12. The van der Waals surface area contributed by atoms with E-state index in [1.165, 1.54) is 19.2 Å². The van der Waals surface area contributed by atoms with E-state index in [1.807, 2.05) is 18.2 Å². The van der Waals surface area contributed by atoms with E-state index in [9.17, 15) is 14.0 Å². The predicted octanol–water partition coefficient (Wildman–Crippen LogP) is 5.47. The first kappa shape index (κ1) is 31.8. The van der Waals surface area contributed by atoms with Crippen molar-refractivity contribution in [3.05, 3.63) is 71.7 Å². The molecule has 0 unspecified atom stereocenters. The number of carbonyl (C=O) groups excluding carboxylic acids is 2. The molecule has 2 aliphatic heterocycles. The van der Waals surface area contributed by atoms with E-state index in [-0.39, 0.29) is 30.4 Å². The van der Waals surface area contributed by atoms with Gasteiger partial charge in [0.05, 0.1) is 32.4 Å². The summed E-state index contributed by atoms with van der Waals surface area (Å²) >= 11 is 5.62. The van der Waals surface area contributed by atoms with Gasteiger partial charge >= 0.3 is 5.97 Å². The average molecular weight is 631 g/mol. The number of alkyl halides is 2. The molecule has 0 bridgehead atoms. The molecule has 1 aromatic heterocycles. The maximum atomic E-state index is 15.3. The van der Waals surface area contributed by atoms with Gasteiger partial charge in [-0.15, -0.1) is 11.6 Å². The van der Waals surface area contributed by atoms with E-state index in [1.54, 1.807) is 6.08 Å². The molecule has 1 aliphatic carbocycles. The number of halogens is 3. The van der Waals surface area contributed by atoms with Crippen LogP contribution in [0.25, 0.3) is 5.57 Å². The van der Waals surface area contributed by atoms with E-state index in [0.717, 1.165) is 49.2 Å². The normalized spacial score (nSPS) is 21.4. The van der Waals surface area contributed by atoms with Crippen LogP contribution in [0.1, 0.15) is 65.7 Å². The Morgan fingerprint density at radius 3 is 2.68 bits per heavy atom. The number of carbonyl (C=O) groups is 2. The fraction of sp³-hybridized carbons (Fsp3) is 0.500. The van der Waals surface area contributed by atoms with Crippen molar-refractivity contribution in [2.45, 2.75) is 56.8 Å². The summed E-state index contributed by atoms with van der Waals surface area (Å²) in [4.78, 5) is 33.2. The molecule has 2 saturated heterocycles. The minimum Gasteiger partial charge on any atom is -0.493 e. The SMILES string of the molecule is C=C(/C=C\C=C/CCl)c1nc(CN2CCC(COc3cc(F)c(C(=O)N4C[C@H](F)C[C@H]4C(=O)OC)cc3C3CC3)CC2)no1. The zero-order valence-electron chi connectivity index (χ0n) is 24.7. The Morgan fingerprint density at radius 1 is 1.20 bits per heavy atom. The Hall–Kier alpha value is -3.57. The van der Waals surface area contributed by atoms with Crippen molar-refractivity contribution in [3.63, 3.8) is 0 Å². The van der Waals surface area contributed by atoms with Gasteiger partial charge in [-0.2, -0.15) is 4.98 Å². The second-order valence-corrected chi connectivity index (χ2v) is 11.8. The zero-order chi connectivity index (χ0) is 31.2. The number of likely N-dealkylation sites (tertiary alicyclic amines) is 2. The summed E-state index contributed by atoms with van der Waals surface area (Å²) in [6.45, 7) is 6.32. The maximum Gasteiger partial charge on any atom is 0.328 e. The molecule has 2 atom stereocenters. The number of methoxy groups -OCH3 is 1. The molecule has 5 rings (SSSR count). The van der Waals surface area contributed by atoms with Gasteiger partial charge < -0.3 is 18.9 Å². The Bertz CT molecular complexity index is 1420. The summed E-state index contributed by atoms with van der Waals surface area (Å²) in [5.41, 5.74) is 1.22. The minimum absolute atomic E-state index is 0.160. The Labute approximate surface area is 260 Å². The van der Waals surface area contributed by atoms with E-state index >= 15 is 4.39 Å². The topological polar surface area (TPSA) is 98.0 Å². The molecular weight excluding hydrogens is 594 g/mol. The Morgan fingerprint density at radius 2 is 1.98 bits per heavy atom. The quantitative estimate of drug-likeness (QED) is 0.173. The highest BCUT2D eigenvalue weighted by molar-refractivity contribution is 6.18. The van der Waals surface area contributed by atoms with Gasteiger partial charge in [0.2, 0.25) is 0 Å². The van der Waals surface area contributed by atoms with Crippen molar-refractivity contribution < 1.29 is 32.4 Å². The van der Waals surface area contributed by atoms with Crippen molar-refractivity contribution in [1.29, 1.82) is 0 Å². The fourth-order valence-corrected chi connectivity index (χ4v) is 5.74. The largest absolute Gasteiger partial charge is 0.493 e. The van der Waals surface area contributed by atoms with Crippen molar-refractivity contribution in [2.24, 2.45) is 5.92 Å². The van der Waals surface area contributed by atoms with Crippen LogP contribution in [0.2, 0.25) is 0 Å². The third-order valence-electron chi connectivity index (χ3n) is 8.25. The second-order valence-electron chi connectivity index (χ2n) is 11.5. The van der Waals surface area contributed by atoms with Gasteiger partial charge in [0, 0.05) is 23.9 Å². The summed E-state index contributed by atoms with van der Waals surface area (Å²) in [5.74, 6) is 0.119. The highest BCUT2D eigenvalue weighted by Gasteiger charge is 2.42. The molecular formula is C32H37ClF2N4O5. The Balaban J connectivity index is 1.15. The van der Waals surface area contributed by atoms with E-state index in [4.69, 9.17) is 25.6 Å². The molecule has 3 heterocycles. The van der Waals surface area contributed by atoms with E-state index in [2.05, 4.69) is 21.6 Å².